The highest BCUT2D eigenvalue weighted by molar-refractivity contribution is 6.20. The zero-order valence-corrected chi connectivity index (χ0v) is 10.7. The molecule has 0 saturated heterocycles. The van der Waals surface area contributed by atoms with Crippen molar-refractivity contribution in [1.82, 2.24) is 9.97 Å². The summed E-state index contributed by atoms with van der Waals surface area (Å²) in [5.74, 6) is 1.47. The minimum atomic E-state index is 0.177. The fourth-order valence-corrected chi connectivity index (χ4v) is 1.35. The molecule has 5 heteroatoms. The SMILES string of the molecule is CCOc1cc(N(C)CCC(C)Cl)ncn1. The highest BCUT2D eigenvalue weighted by atomic mass is 35.5. The number of hydrogen-bond donors (Lipinski definition) is 0. The van der Waals surface area contributed by atoms with Crippen molar-refractivity contribution in [3.05, 3.63) is 12.4 Å². The molecule has 0 amide bonds. The van der Waals surface area contributed by atoms with Gasteiger partial charge in [0.15, 0.2) is 0 Å². The molecule has 1 unspecified atom stereocenters. The topological polar surface area (TPSA) is 38.2 Å². The smallest absolute Gasteiger partial charge is 0.218 e. The molecule has 90 valence electrons. The normalized spacial score (nSPS) is 12.2. The zero-order chi connectivity index (χ0) is 12.0. The Morgan fingerprint density at radius 3 is 2.88 bits per heavy atom. The molecular formula is C11H18ClN3O. The van der Waals surface area contributed by atoms with Crippen molar-refractivity contribution >= 4 is 17.4 Å². The van der Waals surface area contributed by atoms with Gasteiger partial charge in [-0.25, -0.2) is 9.97 Å². The molecule has 1 atom stereocenters. The minimum absolute atomic E-state index is 0.177. The lowest BCUT2D eigenvalue weighted by Gasteiger charge is -2.18. The van der Waals surface area contributed by atoms with E-state index in [1.807, 2.05) is 31.9 Å². The van der Waals surface area contributed by atoms with E-state index in [4.69, 9.17) is 16.3 Å². The Morgan fingerprint density at radius 2 is 2.25 bits per heavy atom. The van der Waals surface area contributed by atoms with Gasteiger partial charge in [0.1, 0.15) is 12.1 Å². The molecule has 4 nitrogen and oxygen atoms in total. The molecule has 0 saturated carbocycles. The van der Waals surface area contributed by atoms with E-state index in [0.717, 1.165) is 18.8 Å². The Morgan fingerprint density at radius 1 is 1.50 bits per heavy atom. The van der Waals surface area contributed by atoms with Gasteiger partial charge in [0.2, 0.25) is 5.88 Å². The van der Waals surface area contributed by atoms with Gasteiger partial charge < -0.3 is 9.64 Å². The first-order chi connectivity index (χ1) is 7.63. The standard InChI is InChI=1S/C11H18ClN3O/c1-4-16-11-7-10(13-8-14-11)15(3)6-5-9(2)12/h7-9H,4-6H2,1-3H3. The number of rotatable bonds is 6. The van der Waals surface area contributed by atoms with Gasteiger partial charge >= 0.3 is 0 Å². The summed E-state index contributed by atoms with van der Waals surface area (Å²) < 4.78 is 5.32. The molecule has 0 radical (unpaired) electrons. The fourth-order valence-electron chi connectivity index (χ4n) is 1.25. The summed E-state index contributed by atoms with van der Waals surface area (Å²) in [5, 5.41) is 0.177. The monoisotopic (exact) mass is 243 g/mol. The highest BCUT2D eigenvalue weighted by Gasteiger charge is 2.06. The van der Waals surface area contributed by atoms with Gasteiger partial charge in [-0.05, 0) is 20.3 Å². The summed E-state index contributed by atoms with van der Waals surface area (Å²) in [6.45, 7) is 5.40. The third-order valence-electron chi connectivity index (χ3n) is 2.17. The maximum Gasteiger partial charge on any atom is 0.218 e. The molecule has 0 aliphatic heterocycles. The lowest BCUT2D eigenvalue weighted by Crippen LogP contribution is -2.21. The van der Waals surface area contributed by atoms with E-state index in [-0.39, 0.29) is 5.38 Å². The molecular weight excluding hydrogens is 226 g/mol. The summed E-state index contributed by atoms with van der Waals surface area (Å²) in [4.78, 5) is 10.3. The van der Waals surface area contributed by atoms with Gasteiger partial charge in [0.05, 0.1) is 6.61 Å². The van der Waals surface area contributed by atoms with E-state index in [1.165, 1.54) is 6.33 Å². The van der Waals surface area contributed by atoms with Crippen molar-refractivity contribution in [3.63, 3.8) is 0 Å². The minimum Gasteiger partial charge on any atom is -0.478 e. The lowest BCUT2D eigenvalue weighted by molar-refractivity contribution is 0.326. The van der Waals surface area contributed by atoms with Crippen LogP contribution in [0, 0.1) is 0 Å². The summed E-state index contributed by atoms with van der Waals surface area (Å²) in [6.07, 6.45) is 2.44. The third-order valence-corrected chi connectivity index (χ3v) is 2.39. The molecule has 0 aromatic carbocycles. The number of hydrogen-bond acceptors (Lipinski definition) is 4. The number of ether oxygens (including phenoxy) is 1. The van der Waals surface area contributed by atoms with E-state index >= 15 is 0 Å². The largest absolute Gasteiger partial charge is 0.478 e. The molecule has 0 fully saturated rings. The molecule has 0 N–H and O–H groups in total. The maximum absolute atomic E-state index is 5.91. The van der Waals surface area contributed by atoms with Gasteiger partial charge in [0.25, 0.3) is 0 Å². The molecule has 1 aromatic rings. The second-order valence-electron chi connectivity index (χ2n) is 3.64. The first-order valence-corrected chi connectivity index (χ1v) is 5.87. The summed E-state index contributed by atoms with van der Waals surface area (Å²) in [6, 6.07) is 1.84. The Kier molecular flexibility index (Phi) is 5.32. The van der Waals surface area contributed by atoms with Crippen molar-refractivity contribution < 1.29 is 4.74 Å². The van der Waals surface area contributed by atoms with Crippen LogP contribution in [0.1, 0.15) is 20.3 Å². The zero-order valence-electron chi connectivity index (χ0n) is 9.98. The molecule has 0 aliphatic rings. The number of halogens is 1. The van der Waals surface area contributed by atoms with E-state index in [1.54, 1.807) is 0 Å². The van der Waals surface area contributed by atoms with Crippen molar-refractivity contribution in [2.75, 3.05) is 25.1 Å². The second-order valence-corrected chi connectivity index (χ2v) is 4.38. The van der Waals surface area contributed by atoms with Crippen LogP contribution < -0.4 is 9.64 Å². The molecule has 16 heavy (non-hydrogen) atoms. The number of aromatic nitrogens is 2. The first kappa shape index (κ1) is 13.0. The van der Waals surface area contributed by atoms with Crippen molar-refractivity contribution in [2.45, 2.75) is 25.6 Å². The van der Waals surface area contributed by atoms with Crippen LogP contribution in [0.4, 0.5) is 5.82 Å². The molecule has 0 spiro atoms. The van der Waals surface area contributed by atoms with Crippen LogP contribution in [0.2, 0.25) is 0 Å². The summed E-state index contributed by atoms with van der Waals surface area (Å²) in [7, 11) is 1.98. The Hall–Kier alpha value is -1.03. The highest BCUT2D eigenvalue weighted by Crippen LogP contribution is 2.15. The van der Waals surface area contributed by atoms with Crippen LogP contribution in [0.15, 0.2) is 12.4 Å². The van der Waals surface area contributed by atoms with Gasteiger partial charge in [-0.1, -0.05) is 0 Å². The number of nitrogens with zero attached hydrogens (tertiary/aromatic N) is 3. The molecule has 0 aliphatic carbocycles. The third kappa shape index (κ3) is 4.23. The average molecular weight is 244 g/mol. The Labute approximate surface area is 102 Å². The summed E-state index contributed by atoms with van der Waals surface area (Å²) in [5.41, 5.74) is 0. The Bertz CT molecular complexity index is 320. The van der Waals surface area contributed by atoms with Crippen LogP contribution in [0.3, 0.4) is 0 Å². The van der Waals surface area contributed by atoms with E-state index in [0.29, 0.717) is 12.5 Å². The first-order valence-electron chi connectivity index (χ1n) is 5.43. The van der Waals surface area contributed by atoms with Crippen LogP contribution in [0.25, 0.3) is 0 Å². The Balaban J connectivity index is 2.60. The van der Waals surface area contributed by atoms with Crippen LogP contribution in [-0.2, 0) is 0 Å². The second kappa shape index (κ2) is 6.53. The molecule has 1 aromatic heterocycles. The van der Waals surface area contributed by atoms with E-state index < -0.39 is 0 Å². The van der Waals surface area contributed by atoms with Crippen LogP contribution >= 0.6 is 11.6 Å². The van der Waals surface area contributed by atoms with Crippen molar-refractivity contribution in [1.29, 1.82) is 0 Å². The van der Waals surface area contributed by atoms with E-state index in [9.17, 15) is 0 Å². The van der Waals surface area contributed by atoms with Gasteiger partial charge in [-0.15, -0.1) is 11.6 Å². The van der Waals surface area contributed by atoms with Gasteiger partial charge in [-0.2, -0.15) is 0 Å². The van der Waals surface area contributed by atoms with Gasteiger partial charge in [0, 0.05) is 25.0 Å². The number of anilines is 1. The van der Waals surface area contributed by atoms with Crippen molar-refractivity contribution in [3.8, 4) is 5.88 Å². The molecule has 0 bridgehead atoms. The van der Waals surface area contributed by atoms with Crippen LogP contribution in [0.5, 0.6) is 5.88 Å². The molecule has 1 rings (SSSR count). The summed E-state index contributed by atoms with van der Waals surface area (Å²) >= 11 is 5.91. The fraction of sp³-hybridized carbons (Fsp3) is 0.636. The average Bonchev–Trinajstić information content (AvgIpc) is 2.26. The predicted molar refractivity (Wildman–Crippen MR) is 66.4 cm³/mol. The molecule has 1 heterocycles. The van der Waals surface area contributed by atoms with E-state index in [2.05, 4.69) is 9.97 Å². The van der Waals surface area contributed by atoms with Crippen molar-refractivity contribution in [2.24, 2.45) is 0 Å². The number of alkyl halides is 1. The lowest BCUT2D eigenvalue weighted by atomic mass is 10.3. The van der Waals surface area contributed by atoms with Gasteiger partial charge in [-0.3, -0.25) is 0 Å². The maximum atomic E-state index is 5.91. The quantitative estimate of drug-likeness (QED) is 0.719. The van der Waals surface area contributed by atoms with Crippen LogP contribution in [-0.4, -0.2) is 35.5 Å². The predicted octanol–water partition coefficient (Wildman–Crippen LogP) is 2.33.